The van der Waals surface area contributed by atoms with Crippen LogP contribution < -0.4 is 10.2 Å². The van der Waals surface area contributed by atoms with Gasteiger partial charge in [0, 0.05) is 57.2 Å². The van der Waals surface area contributed by atoms with Gasteiger partial charge in [0.1, 0.15) is 23.0 Å². The number of hydrogen-bond donors (Lipinski definition) is 1. The number of carbonyl (C=O) groups is 1. The average molecular weight is 451 g/mol. The fraction of sp³-hybridized carbons (Fsp3) is 0.458. The molecule has 2 aromatic heterocycles. The van der Waals surface area contributed by atoms with E-state index in [4.69, 9.17) is 0 Å². The van der Waals surface area contributed by atoms with Gasteiger partial charge in [0.05, 0.1) is 5.39 Å². The van der Waals surface area contributed by atoms with Crippen LogP contribution in [0, 0.1) is 0 Å². The van der Waals surface area contributed by atoms with E-state index in [1.54, 1.807) is 17.7 Å². The third-order valence-electron chi connectivity index (χ3n) is 6.46. The number of nitrogens with zero attached hydrogens (tertiary/aromatic N) is 5. The molecular weight excluding hydrogens is 420 g/mol. The lowest BCUT2D eigenvalue weighted by Crippen LogP contribution is -2.54. The third-order valence-corrected chi connectivity index (χ3v) is 7.65. The van der Waals surface area contributed by atoms with Crippen molar-refractivity contribution in [3.05, 3.63) is 53.2 Å². The van der Waals surface area contributed by atoms with E-state index in [1.165, 1.54) is 4.88 Å². The highest BCUT2D eigenvalue weighted by Crippen LogP contribution is 2.31. The average Bonchev–Trinajstić information content (AvgIpc) is 3.29. The summed E-state index contributed by atoms with van der Waals surface area (Å²) in [5.41, 5.74) is 1.09. The molecule has 2 saturated heterocycles. The number of anilines is 1. The van der Waals surface area contributed by atoms with Crippen LogP contribution in [0.15, 0.2) is 42.7 Å². The Labute approximate surface area is 193 Å². The molecule has 1 N–H and O–H groups in total. The predicted octanol–water partition coefficient (Wildman–Crippen LogP) is 2.55. The highest BCUT2D eigenvalue weighted by molar-refractivity contribution is 7.18. The fourth-order valence-electron chi connectivity index (χ4n) is 4.72. The lowest BCUT2D eigenvalue weighted by Gasteiger charge is -2.40. The number of carbonyl (C=O) groups excluding carboxylic acids is 1. The summed E-state index contributed by atoms with van der Waals surface area (Å²) in [6, 6.07) is 12.3. The Kier molecular flexibility index (Phi) is 6.34. The van der Waals surface area contributed by atoms with E-state index in [0.717, 1.165) is 67.3 Å². The Bertz CT molecular complexity index is 1060. The van der Waals surface area contributed by atoms with Crippen molar-refractivity contribution in [3.8, 4) is 0 Å². The van der Waals surface area contributed by atoms with Crippen molar-refractivity contribution in [3.63, 3.8) is 0 Å². The summed E-state index contributed by atoms with van der Waals surface area (Å²) < 4.78 is 0. The molecule has 0 saturated carbocycles. The minimum absolute atomic E-state index is 0.209. The first kappa shape index (κ1) is 21.3. The Morgan fingerprint density at radius 1 is 1.06 bits per heavy atom. The number of fused-ring (bicyclic) bond motifs is 1. The van der Waals surface area contributed by atoms with Gasteiger partial charge in [-0.3, -0.25) is 9.69 Å². The first-order chi connectivity index (χ1) is 15.7. The van der Waals surface area contributed by atoms with E-state index >= 15 is 0 Å². The molecular formula is C24H30N6OS. The molecule has 168 valence electrons. The number of amides is 1. The molecule has 4 heterocycles. The Balaban J connectivity index is 1.32. The topological polar surface area (TPSA) is 64.6 Å². The summed E-state index contributed by atoms with van der Waals surface area (Å²) in [6.07, 6.45) is 2.68. The molecule has 2 fully saturated rings. The molecule has 2 aliphatic heterocycles. The van der Waals surface area contributed by atoms with Crippen LogP contribution in [0.1, 0.15) is 23.4 Å². The number of thiophene rings is 1. The number of aromatic nitrogens is 2. The van der Waals surface area contributed by atoms with Crippen LogP contribution in [0.2, 0.25) is 0 Å². The van der Waals surface area contributed by atoms with Gasteiger partial charge in [-0.25, -0.2) is 9.97 Å². The van der Waals surface area contributed by atoms with Crippen molar-refractivity contribution in [2.45, 2.75) is 19.4 Å². The first-order valence-electron chi connectivity index (χ1n) is 11.5. The highest BCUT2D eigenvalue weighted by Gasteiger charge is 2.34. The smallest absolute Gasteiger partial charge is 0.244 e. The second-order valence-corrected chi connectivity index (χ2v) is 9.51. The molecule has 0 bridgehead atoms. The van der Waals surface area contributed by atoms with Crippen LogP contribution in [-0.2, 0) is 11.2 Å². The van der Waals surface area contributed by atoms with Gasteiger partial charge in [-0.2, -0.15) is 0 Å². The summed E-state index contributed by atoms with van der Waals surface area (Å²) in [4.78, 5) is 31.8. The standard InChI is InChI=1S/C24H30N6OS/c1-2-19-16-20-22(26-17-27-23(20)32-19)29-12-14-30(15-13-29)24(31)21(18-6-4-3-5-7-18)28-10-8-25-9-11-28/h3-7,16-17,21,25H,2,8-15H2,1H3. The number of piperazine rings is 2. The number of benzene rings is 1. The number of rotatable bonds is 5. The van der Waals surface area contributed by atoms with Crippen molar-refractivity contribution < 1.29 is 4.79 Å². The second-order valence-electron chi connectivity index (χ2n) is 8.39. The summed E-state index contributed by atoms with van der Waals surface area (Å²) in [7, 11) is 0. The molecule has 0 radical (unpaired) electrons. The minimum atomic E-state index is -0.209. The van der Waals surface area contributed by atoms with Gasteiger partial charge >= 0.3 is 0 Å². The van der Waals surface area contributed by atoms with Gasteiger partial charge in [0.15, 0.2) is 0 Å². The van der Waals surface area contributed by atoms with E-state index in [0.29, 0.717) is 13.1 Å². The van der Waals surface area contributed by atoms with Crippen molar-refractivity contribution in [1.29, 1.82) is 0 Å². The largest absolute Gasteiger partial charge is 0.352 e. The van der Waals surface area contributed by atoms with E-state index in [2.05, 4.69) is 50.2 Å². The van der Waals surface area contributed by atoms with E-state index in [9.17, 15) is 4.79 Å². The predicted molar refractivity (Wildman–Crippen MR) is 129 cm³/mol. The van der Waals surface area contributed by atoms with Crippen molar-refractivity contribution in [2.24, 2.45) is 0 Å². The van der Waals surface area contributed by atoms with Gasteiger partial charge in [-0.05, 0) is 18.1 Å². The molecule has 0 aliphatic carbocycles. The zero-order chi connectivity index (χ0) is 21.9. The van der Waals surface area contributed by atoms with Gasteiger partial charge in [-0.15, -0.1) is 11.3 Å². The molecule has 7 nitrogen and oxygen atoms in total. The molecule has 2 aliphatic rings. The minimum Gasteiger partial charge on any atom is -0.352 e. The SMILES string of the molecule is CCc1cc2c(N3CCN(C(=O)C(c4ccccc4)N4CCNCC4)CC3)ncnc2s1. The number of hydrogen-bond acceptors (Lipinski definition) is 7. The molecule has 1 amide bonds. The van der Waals surface area contributed by atoms with Crippen LogP contribution >= 0.6 is 11.3 Å². The molecule has 0 spiro atoms. The number of aryl methyl sites for hydroxylation is 1. The zero-order valence-electron chi connectivity index (χ0n) is 18.5. The summed E-state index contributed by atoms with van der Waals surface area (Å²) in [5.74, 6) is 1.22. The summed E-state index contributed by atoms with van der Waals surface area (Å²) in [6.45, 7) is 8.81. The Morgan fingerprint density at radius 2 is 1.81 bits per heavy atom. The van der Waals surface area contributed by atoms with Crippen molar-refractivity contribution in [1.82, 2.24) is 25.1 Å². The normalized spacial score (nSPS) is 18.8. The van der Waals surface area contributed by atoms with Crippen LogP contribution in [0.4, 0.5) is 5.82 Å². The molecule has 1 atom stereocenters. The maximum Gasteiger partial charge on any atom is 0.244 e. The van der Waals surface area contributed by atoms with E-state index in [-0.39, 0.29) is 11.9 Å². The fourth-order valence-corrected chi connectivity index (χ4v) is 5.65. The van der Waals surface area contributed by atoms with Crippen molar-refractivity contribution >= 4 is 33.3 Å². The number of nitrogens with one attached hydrogen (secondary N) is 1. The quantitative estimate of drug-likeness (QED) is 0.645. The second kappa shape index (κ2) is 9.52. The van der Waals surface area contributed by atoms with Gasteiger partial charge in [-0.1, -0.05) is 37.3 Å². The maximum atomic E-state index is 13.7. The molecule has 32 heavy (non-hydrogen) atoms. The van der Waals surface area contributed by atoms with Crippen molar-refractivity contribution in [2.75, 3.05) is 57.3 Å². The highest BCUT2D eigenvalue weighted by atomic mass is 32.1. The summed E-state index contributed by atoms with van der Waals surface area (Å²) >= 11 is 1.75. The molecule has 8 heteroatoms. The monoisotopic (exact) mass is 450 g/mol. The van der Waals surface area contributed by atoms with E-state index in [1.807, 2.05) is 23.1 Å². The van der Waals surface area contributed by atoms with Gasteiger partial charge in [0.2, 0.25) is 5.91 Å². The van der Waals surface area contributed by atoms with Crippen LogP contribution in [0.25, 0.3) is 10.2 Å². The molecule has 5 rings (SSSR count). The van der Waals surface area contributed by atoms with Crippen LogP contribution in [-0.4, -0.2) is 78.0 Å². The Hall–Kier alpha value is -2.55. The van der Waals surface area contributed by atoms with Gasteiger partial charge < -0.3 is 15.1 Å². The lowest BCUT2D eigenvalue weighted by molar-refractivity contribution is -0.138. The van der Waals surface area contributed by atoms with E-state index < -0.39 is 0 Å². The first-order valence-corrected chi connectivity index (χ1v) is 12.3. The van der Waals surface area contributed by atoms with Crippen LogP contribution in [0.5, 0.6) is 0 Å². The lowest BCUT2D eigenvalue weighted by atomic mass is 10.0. The Morgan fingerprint density at radius 3 is 2.53 bits per heavy atom. The molecule has 3 aromatic rings. The third kappa shape index (κ3) is 4.22. The maximum absolute atomic E-state index is 13.7. The zero-order valence-corrected chi connectivity index (χ0v) is 19.4. The summed E-state index contributed by atoms with van der Waals surface area (Å²) in [5, 5.41) is 4.54. The van der Waals surface area contributed by atoms with Gasteiger partial charge in [0.25, 0.3) is 0 Å². The molecule has 1 unspecified atom stereocenters. The van der Waals surface area contributed by atoms with Crippen LogP contribution in [0.3, 0.4) is 0 Å². The molecule has 1 aromatic carbocycles.